The second kappa shape index (κ2) is 11.8. The molecule has 0 spiro atoms. The molecule has 0 bridgehead atoms. The summed E-state index contributed by atoms with van der Waals surface area (Å²) in [6.07, 6.45) is -0.568. The lowest BCUT2D eigenvalue weighted by Crippen LogP contribution is -2.58. The summed E-state index contributed by atoms with van der Waals surface area (Å²) in [4.78, 5) is 55.8. The number of amides is 3. The van der Waals surface area contributed by atoms with Crippen LogP contribution in [-0.4, -0.2) is 72.8 Å². The van der Waals surface area contributed by atoms with Gasteiger partial charge in [-0.2, -0.15) is 15.4 Å². The van der Waals surface area contributed by atoms with Crippen molar-refractivity contribution in [2.75, 3.05) is 6.54 Å². The Morgan fingerprint density at radius 2 is 1.82 bits per heavy atom. The standard InChI is InChI=1S/C29H36N6O5/c1-5-6-12-23(25(36)26(37)30-18(2)19-10-8-7-9-11-19)35(28(39)40)24-16-29(3,4)17-34(24)27(38)20-13-14-21-22(15-20)32-33-31-21/h7-11,13-15,18,23-24H,5-6,12,16-17H2,1-4H3,(H,30,37)(H,39,40)(H,31,32,33)/t18?,23-,24?/m0/s1. The molecule has 1 fully saturated rings. The molecule has 3 amide bonds. The van der Waals surface area contributed by atoms with Crippen molar-refractivity contribution in [2.45, 2.75) is 71.6 Å². The lowest BCUT2D eigenvalue weighted by Gasteiger charge is -2.37. The van der Waals surface area contributed by atoms with E-state index >= 15 is 0 Å². The van der Waals surface area contributed by atoms with E-state index in [2.05, 4.69) is 20.7 Å². The lowest BCUT2D eigenvalue weighted by molar-refractivity contribution is -0.142. The van der Waals surface area contributed by atoms with Gasteiger partial charge >= 0.3 is 6.09 Å². The molecule has 11 nitrogen and oxygen atoms in total. The van der Waals surface area contributed by atoms with Crippen molar-refractivity contribution in [3.05, 3.63) is 59.7 Å². The fourth-order valence-electron chi connectivity index (χ4n) is 5.34. The molecule has 2 unspecified atom stereocenters. The summed E-state index contributed by atoms with van der Waals surface area (Å²) in [7, 11) is 0. The second-order valence-corrected chi connectivity index (χ2v) is 11.1. The van der Waals surface area contributed by atoms with Crippen molar-refractivity contribution in [3.8, 4) is 0 Å². The number of benzene rings is 2. The number of hydrogen-bond donors (Lipinski definition) is 3. The van der Waals surface area contributed by atoms with E-state index in [4.69, 9.17) is 0 Å². The van der Waals surface area contributed by atoms with Crippen LogP contribution in [0.3, 0.4) is 0 Å². The number of likely N-dealkylation sites (tertiary alicyclic amines) is 1. The van der Waals surface area contributed by atoms with Gasteiger partial charge in [-0.3, -0.25) is 19.3 Å². The maximum absolute atomic E-state index is 13.8. The Morgan fingerprint density at radius 1 is 1.12 bits per heavy atom. The zero-order valence-electron chi connectivity index (χ0n) is 23.3. The van der Waals surface area contributed by atoms with E-state index in [1.165, 1.54) is 4.90 Å². The molecule has 3 aromatic rings. The minimum atomic E-state index is -1.36. The van der Waals surface area contributed by atoms with E-state index in [0.29, 0.717) is 35.9 Å². The summed E-state index contributed by atoms with van der Waals surface area (Å²) in [5.74, 6) is -2.06. The van der Waals surface area contributed by atoms with E-state index < -0.39 is 41.4 Å². The highest BCUT2D eigenvalue weighted by atomic mass is 16.4. The van der Waals surface area contributed by atoms with Gasteiger partial charge in [-0.05, 0) is 48.9 Å². The third kappa shape index (κ3) is 6.13. The summed E-state index contributed by atoms with van der Waals surface area (Å²) < 4.78 is 0. The summed E-state index contributed by atoms with van der Waals surface area (Å²) in [5.41, 5.74) is 1.84. The first-order valence-electron chi connectivity index (χ1n) is 13.5. The Hall–Kier alpha value is -4.28. The number of nitrogens with one attached hydrogen (secondary N) is 2. The molecule has 40 heavy (non-hydrogen) atoms. The number of nitrogens with zero attached hydrogens (tertiary/aromatic N) is 4. The van der Waals surface area contributed by atoms with Crippen molar-refractivity contribution in [1.29, 1.82) is 0 Å². The number of ketones is 1. The quantitative estimate of drug-likeness (QED) is 0.322. The SMILES string of the molecule is CCCC[C@@H](C(=O)C(=O)NC(C)c1ccccc1)N(C(=O)O)C1CC(C)(C)CN1C(=O)c1ccc2n[nH]nc2c1. The molecule has 2 aromatic carbocycles. The van der Waals surface area contributed by atoms with Crippen LogP contribution in [0.2, 0.25) is 0 Å². The summed E-state index contributed by atoms with van der Waals surface area (Å²) in [6, 6.07) is 12.4. The highest BCUT2D eigenvalue weighted by Gasteiger charge is 2.48. The zero-order chi connectivity index (χ0) is 29.0. The first kappa shape index (κ1) is 28.7. The predicted octanol–water partition coefficient (Wildman–Crippen LogP) is 4.14. The van der Waals surface area contributed by atoms with Gasteiger partial charge in [0.15, 0.2) is 0 Å². The Morgan fingerprint density at radius 3 is 2.50 bits per heavy atom. The van der Waals surface area contributed by atoms with Crippen LogP contribution >= 0.6 is 0 Å². The number of unbranched alkanes of at least 4 members (excludes halogenated alkanes) is 1. The Labute approximate surface area is 232 Å². The number of carboxylic acid groups (broad SMARTS) is 1. The smallest absolute Gasteiger partial charge is 0.409 e. The molecule has 3 N–H and O–H groups in total. The zero-order valence-corrected chi connectivity index (χ0v) is 23.3. The van der Waals surface area contributed by atoms with Crippen molar-refractivity contribution >= 4 is 34.7 Å². The van der Waals surface area contributed by atoms with Gasteiger partial charge in [0, 0.05) is 12.1 Å². The lowest BCUT2D eigenvalue weighted by atomic mass is 9.91. The number of rotatable bonds is 10. The Bertz CT molecular complexity index is 1390. The molecule has 2 heterocycles. The van der Waals surface area contributed by atoms with Gasteiger partial charge in [0.05, 0.1) is 6.04 Å². The normalized spacial score (nSPS) is 17.8. The molecule has 0 radical (unpaired) electrons. The van der Waals surface area contributed by atoms with E-state index in [9.17, 15) is 24.3 Å². The second-order valence-electron chi connectivity index (χ2n) is 11.1. The van der Waals surface area contributed by atoms with E-state index in [1.807, 2.05) is 51.1 Å². The first-order chi connectivity index (χ1) is 19.0. The molecule has 1 aliphatic heterocycles. The van der Waals surface area contributed by atoms with Crippen LogP contribution in [0.5, 0.6) is 0 Å². The summed E-state index contributed by atoms with van der Waals surface area (Å²) >= 11 is 0. The van der Waals surface area contributed by atoms with Crippen LogP contribution in [0.25, 0.3) is 11.0 Å². The number of aromatic nitrogens is 3. The molecule has 3 atom stereocenters. The van der Waals surface area contributed by atoms with Gasteiger partial charge in [0.1, 0.15) is 23.2 Å². The Balaban J connectivity index is 1.64. The van der Waals surface area contributed by atoms with Crippen molar-refractivity contribution < 1.29 is 24.3 Å². The van der Waals surface area contributed by atoms with Crippen LogP contribution in [-0.2, 0) is 9.59 Å². The first-order valence-corrected chi connectivity index (χ1v) is 13.5. The number of aromatic amines is 1. The fourth-order valence-corrected chi connectivity index (χ4v) is 5.34. The third-order valence-electron chi connectivity index (χ3n) is 7.40. The topological polar surface area (TPSA) is 149 Å². The number of carbonyl (C=O) groups is 4. The van der Waals surface area contributed by atoms with Gasteiger partial charge < -0.3 is 15.3 Å². The molecule has 1 aliphatic rings. The maximum atomic E-state index is 13.8. The molecular formula is C29H36N6O5. The highest BCUT2D eigenvalue weighted by molar-refractivity contribution is 6.38. The highest BCUT2D eigenvalue weighted by Crippen LogP contribution is 2.38. The molecule has 0 saturated carbocycles. The van der Waals surface area contributed by atoms with Gasteiger partial charge in [-0.15, -0.1) is 0 Å². The summed E-state index contributed by atoms with van der Waals surface area (Å²) in [5, 5.41) is 23.7. The van der Waals surface area contributed by atoms with Crippen LogP contribution in [0.4, 0.5) is 4.79 Å². The van der Waals surface area contributed by atoms with Gasteiger partial charge in [0.25, 0.3) is 11.8 Å². The number of H-pyrrole nitrogens is 1. The maximum Gasteiger partial charge on any atom is 0.409 e. The van der Waals surface area contributed by atoms with Gasteiger partial charge in [-0.25, -0.2) is 4.79 Å². The van der Waals surface area contributed by atoms with Gasteiger partial charge in [0.2, 0.25) is 5.78 Å². The third-order valence-corrected chi connectivity index (χ3v) is 7.40. The number of carbonyl (C=O) groups excluding carboxylic acids is 3. The number of hydrogen-bond acceptors (Lipinski definition) is 6. The monoisotopic (exact) mass is 548 g/mol. The van der Waals surface area contributed by atoms with Crippen LogP contribution in [0.15, 0.2) is 48.5 Å². The van der Waals surface area contributed by atoms with Crippen LogP contribution in [0.1, 0.15) is 75.3 Å². The minimum Gasteiger partial charge on any atom is -0.465 e. The van der Waals surface area contributed by atoms with Crippen molar-refractivity contribution in [2.24, 2.45) is 5.41 Å². The average Bonchev–Trinajstić information content (AvgIpc) is 3.53. The van der Waals surface area contributed by atoms with Crippen LogP contribution < -0.4 is 5.32 Å². The van der Waals surface area contributed by atoms with Crippen molar-refractivity contribution in [3.63, 3.8) is 0 Å². The van der Waals surface area contributed by atoms with E-state index in [0.717, 1.165) is 10.5 Å². The molecule has 0 aliphatic carbocycles. The molecule has 4 rings (SSSR count). The van der Waals surface area contributed by atoms with Crippen molar-refractivity contribution in [1.82, 2.24) is 30.5 Å². The Kier molecular flexibility index (Phi) is 8.51. The molecule has 11 heteroatoms. The fraction of sp³-hybridized carbons (Fsp3) is 0.448. The molecule has 1 saturated heterocycles. The predicted molar refractivity (Wildman–Crippen MR) is 148 cm³/mol. The molecular weight excluding hydrogens is 512 g/mol. The molecule has 1 aromatic heterocycles. The van der Waals surface area contributed by atoms with Crippen LogP contribution in [0, 0.1) is 5.41 Å². The average molecular weight is 549 g/mol. The molecule has 212 valence electrons. The number of fused-ring (bicyclic) bond motifs is 1. The summed E-state index contributed by atoms with van der Waals surface area (Å²) in [6.45, 7) is 7.88. The largest absolute Gasteiger partial charge is 0.465 e. The number of Topliss-reactive ketones (excluding diaryl/α,β-unsaturated/α-hetero) is 1. The van der Waals surface area contributed by atoms with E-state index in [-0.39, 0.29) is 18.9 Å². The minimum absolute atomic E-state index is 0.165. The van der Waals surface area contributed by atoms with E-state index in [1.54, 1.807) is 25.1 Å². The van der Waals surface area contributed by atoms with Gasteiger partial charge in [-0.1, -0.05) is 63.9 Å².